The van der Waals surface area contributed by atoms with Crippen molar-refractivity contribution >= 4 is 22.6 Å². The maximum absolute atomic E-state index is 13.8. The van der Waals surface area contributed by atoms with Crippen LogP contribution in [0.5, 0.6) is 5.75 Å². The second-order valence-electron chi connectivity index (χ2n) is 8.81. The summed E-state index contributed by atoms with van der Waals surface area (Å²) in [6, 6.07) is 25.3. The largest absolute Gasteiger partial charge is 0.494 e. The Morgan fingerprint density at radius 1 is 0.784 bits per heavy atom. The molecule has 37 heavy (non-hydrogen) atoms. The normalized spacial score (nSPS) is 11.3. The Morgan fingerprint density at radius 2 is 1.27 bits per heavy atom. The molecule has 0 aliphatic rings. The van der Waals surface area contributed by atoms with Crippen molar-refractivity contribution in [2.45, 2.75) is 12.8 Å². The van der Waals surface area contributed by atoms with E-state index in [1.165, 1.54) is 9.36 Å². The lowest BCUT2D eigenvalue weighted by Gasteiger charge is -2.21. The third kappa shape index (κ3) is 4.57. The Bertz CT molecular complexity index is 1570. The molecule has 2 aromatic heterocycles. The molecule has 0 saturated carbocycles. The van der Waals surface area contributed by atoms with Crippen LogP contribution in [0.1, 0.15) is 29.5 Å². The molecule has 0 radical (unpaired) electrons. The van der Waals surface area contributed by atoms with Crippen LogP contribution in [0.15, 0.2) is 88.5 Å². The summed E-state index contributed by atoms with van der Waals surface area (Å²) in [5, 5.41) is 6.49. The van der Waals surface area contributed by atoms with Gasteiger partial charge in [-0.05, 0) is 58.8 Å². The van der Waals surface area contributed by atoms with E-state index in [1.807, 2.05) is 85.8 Å². The summed E-state index contributed by atoms with van der Waals surface area (Å²) in [5.41, 5.74) is 4.39. The first kappa shape index (κ1) is 24.9. The quantitative estimate of drug-likeness (QED) is 0.248. The molecule has 0 amide bonds. The van der Waals surface area contributed by atoms with Gasteiger partial charge in [-0.3, -0.25) is 29.2 Å². The lowest BCUT2D eigenvalue weighted by Crippen LogP contribution is -2.25. The Hall–Kier alpha value is -3.79. The van der Waals surface area contributed by atoms with Crippen LogP contribution in [0.3, 0.4) is 0 Å². The molecule has 7 nitrogen and oxygen atoms in total. The minimum Gasteiger partial charge on any atom is -0.494 e. The van der Waals surface area contributed by atoms with Gasteiger partial charge in [0.05, 0.1) is 35.0 Å². The van der Waals surface area contributed by atoms with Gasteiger partial charge in [0, 0.05) is 23.2 Å². The van der Waals surface area contributed by atoms with Crippen molar-refractivity contribution in [1.82, 2.24) is 19.6 Å². The number of aromatic amines is 2. The van der Waals surface area contributed by atoms with E-state index < -0.39 is 5.92 Å². The van der Waals surface area contributed by atoms with Crippen LogP contribution >= 0.6 is 22.6 Å². The molecule has 0 atom stereocenters. The summed E-state index contributed by atoms with van der Waals surface area (Å²) in [7, 11) is 3.39. The summed E-state index contributed by atoms with van der Waals surface area (Å²) in [4.78, 5) is 27.7. The number of aromatic nitrogens is 4. The predicted molar refractivity (Wildman–Crippen MR) is 154 cm³/mol. The van der Waals surface area contributed by atoms with Crippen LogP contribution in [0.4, 0.5) is 0 Å². The van der Waals surface area contributed by atoms with Crippen molar-refractivity contribution in [3.63, 3.8) is 0 Å². The fourth-order valence-corrected chi connectivity index (χ4v) is 5.32. The highest BCUT2D eigenvalue weighted by atomic mass is 127. The van der Waals surface area contributed by atoms with Crippen molar-refractivity contribution in [2.24, 2.45) is 14.1 Å². The second-order valence-corrected chi connectivity index (χ2v) is 10.1. The number of rotatable bonds is 7. The molecule has 2 N–H and O–H groups in total. The molecular weight excluding hydrogens is 579 g/mol. The Labute approximate surface area is 227 Å². The molecule has 5 aromatic rings. The molecule has 3 aromatic carbocycles. The van der Waals surface area contributed by atoms with Crippen molar-refractivity contribution in [3.8, 4) is 28.3 Å². The van der Waals surface area contributed by atoms with Crippen LogP contribution in [-0.2, 0) is 14.1 Å². The fraction of sp³-hybridized carbons (Fsp3) is 0.172. The molecule has 0 bridgehead atoms. The van der Waals surface area contributed by atoms with E-state index in [-0.39, 0.29) is 11.1 Å². The number of ether oxygens (including phenoxy) is 1. The number of H-pyrrole nitrogens is 2. The Kier molecular flexibility index (Phi) is 6.92. The van der Waals surface area contributed by atoms with Crippen molar-refractivity contribution in [3.05, 3.63) is 120 Å². The molecule has 8 heteroatoms. The van der Waals surface area contributed by atoms with E-state index in [9.17, 15) is 9.59 Å². The van der Waals surface area contributed by atoms with Crippen molar-refractivity contribution in [2.75, 3.05) is 6.61 Å². The maximum atomic E-state index is 13.8. The number of hydrogen-bond acceptors (Lipinski definition) is 3. The molecule has 0 aliphatic heterocycles. The summed E-state index contributed by atoms with van der Waals surface area (Å²) in [6.45, 7) is 2.37. The zero-order chi connectivity index (χ0) is 26.1. The SMILES string of the molecule is CCOc1ccc(I)cc1C(c1c(-c2ccccc2)[nH]n(C)c1=O)c1c(-c2ccccc2)[nH]n(C)c1=O. The van der Waals surface area contributed by atoms with Gasteiger partial charge >= 0.3 is 0 Å². The van der Waals surface area contributed by atoms with E-state index >= 15 is 0 Å². The number of aryl methyl sites for hydroxylation is 2. The zero-order valence-corrected chi connectivity index (χ0v) is 22.9. The highest BCUT2D eigenvalue weighted by molar-refractivity contribution is 14.1. The molecule has 5 rings (SSSR count). The van der Waals surface area contributed by atoms with Gasteiger partial charge in [0.25, 0.3) is 11.1 Å². The molecule has 2 heterocycles. The average molecular weight is 606 g/mol. The van der Waals surface area contributed by atoms with E-state index in [0.29, 0.717) is 34.9 Å². The van der Waals surface area contributed by atoms with Crippen LogP contribution in [-0.4, -0.2) is 26.2 Å². The van der Waals surface area contributed by atoms with E-state index in [1.54, 1.807) is 14.1 Å². The van der Waals surface area contributed by atoms with Crippen LogP contribution in [0.2, 0.25) is 0 Å². The highest BCUT2D eigenvalue weighted by Gasteiger charge is 2.34. The number of hydrogen-bond donors (Lipinski definition) is 2. The van der Waals surface area contributed by atoms with Gasteiger partial charge in [0.1, 0.15) is 5.75 Å². The highest BCUT2D eigenvalue weighted by Crippen LogP contribution is 2.42. The van der Waals surface area contributed by atoms with Gasteiger partial charge in [-0.1, -0.05) is 60.7 Å². The first-order chi connectivity index (χ1) is 17.9. The maximum Gasteiger partial charge on any atom is 0.271 e. The summed E-state index contributed by atoms with van der Waals surface area (Å²) in [5.74, 6) is -0.0611. The number of nitrogens with zero attached hydrogens (tertiary/aromatic N) is 2. The summed E-state index contributed by atoms with van der Waals surface area (Å²) in [6.07, 6.45) is 0. The fourth-order valence-electron chi connectivity index (χ4n) is 4.81. The standard InChI is InChI=1S/C29H27IN4O3/c1-4-37-22-16-15-20(30)17-21(22)23(24-26(31-33(2)28(24)35)18-11-7-5-8-12-18)25-27(32-34(3)29(25)36)19-13-9-6-10-14-19/h5-17,23,31-32H,4H2,1-3H3. The van der Waals surface area contributed by atoms with Gasteiger partial charge in [0.15, 0.2) is 0 Å². The first-order valence-electron chi connectivity index (χ1n) is 12.0. The third-order valence-corrected chi connectivity index (χ3v) is 7.12. The van der Waals surface area contributed by atoms with E-state index in [0.717, 1.165) is 20.3 Å². The second kappa shape index (κ2) is 10.3. The van der Waals surface area contributed by atoms with E-state index in [4.69, 9.17) is 4.74 Å². The number of nitrogens with one attached hydrogen (secondary N) is 2. The van der Waals surface area contributed by atoms with Gasteiger partial charge in [-0.2, -0.15) is 0 Å². The van der Waals surface area contributed by atoms with Crippen molar-refractivity contribution in [1.29, 1.82) is 0 Å². The molecule has 0 aliphatic carbocycles. The lowest BCUT2D eigenvalue weighted by atomic mass is 9.82. The average Bonchev–Trinajstić information content (AvgIpc) is 3.37. The van der Waals surface area contributed by atoms with Crippen molar-refractivity contribution < 1.29 is 4.74 Å². The van der Waals surface area contributed by atoms with Gasteiger partial charge in [-0.15, -0.1) is 0 Å². The minimum atomic E-state index is -0.698. The van der Waals surface area contributed by atoms with Crippen LogP contribution < -0.4 is 15.9 Å². The Morgan fingerprint density at radius 3 is 1.73 bits per heavy atom. The topological polar surface area (TPSA) is 84.8 Å². The number of benzene rings is 3. The van der Waals surface area contributed by atoms with Gasteiger partial charge in [0.2, 0.25) is 0 Å². The first-order valence-corrected chi connectivity index (χ1v) is 13.1. The lowest BCUT2D eigenvalue weighted by molar-refractivity contribution is 0.336. The molecular formula is C29H27IN4O3. The molecule has 0 fully saturated rings. The summed E-state index contributed by atoms with van der Waals surface area (Å²) >= 11 is 2.25. The Balaban J connectivity index is 1.92. The molecule has 188 valence electrons. The van der Waals surface area contributed by atoms with Gasteiger partial charge in [-0.25, -0.2) is 0 Å². The van der Waals surface area contributed by atoms with Crippen LogP contribution in [0, 0.1) is 3.57 Å². The van der Waals surface area contributed by atoms with E-state index in [2.05, 4.69) is 32.8 Å². The van der Waals surface area contributed by atoms with Crippen LogP contribution in [0.25, 0.3) is 22.5 Å². The molecule has 0 spiro atoms. The molecule has 0 saturated heterocycles. The minimum absolute atomic E-state index is 0.201. The zero-order valence-electron chi connectivity index (χ0n) is 20.8. The smallest absolute Gasteiger partial charge is 0.271 e. The number of halogens is 1. The summed E-state index contributed by atoms with van der Waals surface area (Å²) < 4.78 is 9.98. The van der Waals surface area contributed by atoms with Gasteiger partial charge < -0.3 is 4.74 Å². The predicted octanol–water partition coefficient (Wildman–Crippen LogP) is 5.26. The molecule has 0 unspecified atom stereocenters. The third-order valence-electron chi connectivity index (χ3n) is 6.45. The monoisotopic (exact) mass is 606 g/mol.